The lowest BCUT2D eigenvalue weighted by Gasteiger charge is -2.20. The van der Waals surface area contributed by atoms with Crippen LogP contribution in [0.3, 0.4) is 0 Å². The van der Waals surface area contributed by atoms with Crippen LogP contribution >= 0.6 is 0 Å². The second kappa shape index (κ2) is 15.5. The second-order valence-electron chi connectivity index (χ2n) is 12.1. The molecule has 11 nitrogen and oxygen atoms in total. The Morgan fingerprint density at radius 3 is 2.12 bits per heavy atom. The van der Waals surface area contributed by atoms with E-state index in [9.17, 15) is 14.4 Å². The monoisotopic (exact) mass is 669 g/mol. The normalized spacial score (nSPS) is 12.8. The predicted molar refractivity (Wildman–Crippen MR) is 196 cm³/mol. The number of anilines is 2. The van der Waals surface area contributed by atoms with Gasteiger partial charge in [-0.25, -0.2) is 4.98 Å². The zero-order chi connectivity index (χ0) is 35.0. The number of hydrogen-bond acceptors (Lipinski definition) is 8. The fourth-order valence-corrected chi connectivity index (χ4v) is 6.05. The number of nitrogens with one attached hydrogen (secondary N) is 1. The van der Waals surface area contributed by atoms with Gasteiger partial charge < -0.3 is 15.1 Å². The number of benzene rings is 4. The van der Waals surface area contributed by atoms with Crippen LogP contribution in [0.1, 0.15) is 26.7 Å². The molecular formula is C39H41N8O3+. The van der Waals surface area contributed by atoms with E-state index in [1.807, 2.05) is 67.7 Å². The number of rotatable bonds is 14. The molecule has 0 saturated heterocycles. The summed E-state index contributed by atoms with van der Waals surface area (Å²) in [4.78, 5) is 45.9. The minimum Gasteiger partial charge on any atom is -0.375 e. The summed E-state index contributed by atoms with van der Waals surface area (Å²) >= 11 is 0. The lowest BCUT2D eigenvalue weighted by molar-refractivity contribution is -0.538. The van der Waals surface area contributed by atoms with E-state index in [1.165, 1.54) is 12.2 Å². The number of carbonyl (C=O) groups excluding carboxylic acids is 3. The van der Waals surface area contributed by atoms with Gasteiger partial charge in [-0.2, -0.15) is 10.2 Å². The topological polar surface area (TPSA) is 114 Å². The van der Waals surface area contributed by atoms with Crippen molar-refractivity contribution in [2.45, 2.75) is 26.7 Å². The molecule has 0 radical (unpaired) electrons. The molecule has 0 bridgehead atoms. The first-order valence-electron chi connectivity index (χ1n) is 17.0. The van der Waals surface area contributed by atoms with Crippen LogP contribution in [0.2, 0.25) is 0 Å². The number of fused-ring (bicyclic) bond motifs is 2. The highest BCUT2D eigenvalue weighted by Gasteiger charge is 2.24. The van der Waals surface area contributed by atoms with Gasteiger partial charge in [-0.15, -0.1) is 4.57 Å². The van der Waals surface area contributed by atoms with Crippen LogP contribution in [0.4, 0.5) is 22.7 Å². The Bertz CT molecular complexity index is 2060. The molecule has 11 heteroatoms. The number of amides is 3. The third-order valence-electron chi connectivity index (χ3n) is 8.81. The number of para-hydroxylation sites is 1. The maximum atomic E-state index is 12.2. The van der Waals surface area contributed by atoms with Crippen LogP contribution in [-0.4, -0.2) is 67.4 Å². The number of nitrogens with zero attached hydrogens (tertiary/aromatic N) is 7. The van der Waals surface area contributed by atoms with E-state index in [-0.39, 0.29) is 30.7 Å². The molecular weight excluding hydrogens is 628 g/mol. The van der Waals surface area contributed by atoms with E-state index in [1.54, 1.807) is 0 Å². The maximum absolute atomic E-state index is 12.2. The van der Waals surface area contributed by atoms with Gasteiger partial charge in [-0.1, -0.05) is 18.2 Å². The van der Waals surface area contributed by atoms with Gasteiger partial charge in [-0.05, 0) is 68.8 Å². The first kappa shape index (κ1) is 33.9. The molecule has 5 aromatic rings. The van der Waals surface area contributed by atoms with E-state index in [0.29, 0.717) is 6.54 Å². The highest BCUT2D eigenvalue weighted by Crippen LogP contribution is 2.27. The highest BCUT2D eigenvalue weighted by molar-refractivity contribution is 6.13. The molecule has 0 aliphatic carbocycles. The molecule has 6 rings (SSSR count). The molecule has 1 N–H and O–H groups in total. The summed E-state index contributed by atoms with van der Waals surface area (Å²) in [7, 11) is 2.00. The van der Waals surface area contributed by atoms with Crippen molar-refractivity contribution >= 4 is 62.5 Å². The van der Waals surface area contributed by atoms with Crippen LogP contribution in [0, 0.1) is 0 Å². The van der Waals surface area contributed by atoms with E-state index in [2.05, 4.69) is 74.1 Å². The molecule has 0 atom stereocenters. The summed E-state index contributed by atoms with van der Waals surface area (Å²) < 4.78 is 2.25. The minimum atomic E-state index is -0.377. The summed E-state index contributed by atoms with van der Waals surface area (Å²) in [6, 6.07) is 30.6. The molecule has 1 aliphatic heterocycles. The summed E-state index contributed by atoms with van der Waals surface area (Å²) in [6.07, 6.45) is 3.26. The number of aromatic nitrogens is 2. The van der Waals surface area contributed by atoms with Crippen molar-refractivity contribution in [3.63, 3.8) is 0 Å². The van der Waals surface area contributed by atoms with Crippen LogP contribution < -0.4 is 19.7 Å². The molecule has 1 aliphatic rings. The van der Waals surface area contributed by atoms with E-state index < -0.39 is 0 Å². The average molecular weight is 670 g/mol. The number of hydrogen-bond donors (Lipinski definition) is 1. The molecule has 3 amide bonds. The number of imide groups is 1. The molecule has 0 spiro atoms. The molecule has 4 aromatic carbocycles. The van der Waals surface area contributed by atoms with Gasteiger partial charge in [0, 0.05) is 94.0 Å². The standard InChI is InChI=1S/C39H40N8O3/c1-4-45(5-2)32-17-19-34-36(27-32)47(31-10-7-6-8-11-31)35-26-29(14-18-33(35)41-34)43-42-28-12-15-30(16-13-28)44(3)24-9-23-40-37(48)22-25-46-38(49)20-21-39(46)50/h6-8,10-21,26-27H,4-5,9,22-25H2,1-3H3/p+1. The largest absolute Gasteiger partial charge is 0.375 e. The van der Waals surface area contributed by atoms with Crippen LogP contribution in [0.25, 0.3) is 27.8 Å². The molecule has 0 saturated carbocycles. The third-order valence-corrected chi connectivity index (χ3v) is 8.81. The second-order valence-corrected chi connectivity index (χ2v) is 12.1. The number of azo groups is 1. The molecule has 254 valence electrons. The van der Waals surface area contributed by atoms with Crippen molar-refractivity contribution in [2.24, 2.45) is 10.2 Å². The zero-order valence-electron chi connectivity index (χ0n) is 28.6. The van der Waals surface area contributed by atoms with Crippen LogP contribution in [-0.2, 0) is 14.4 Å². The van der Waals surface area contributed by atoms with Gasteiger partial charge in [-0.3, -0.25) is 19.3 Å². The number of carbonyl (C=O) groups is 3. The molecule has 0 fully saturated rings. The predicted octanol–water partition coefficient (Wildman–Crippen LogP) is 6.18. The quantitative estimate of drug-likeness (QED) is 0.0497. The van der Waals surface area contributed by atoms with E-state index in [4.69, 9.17) is 4.98 Å². The van der Waals surface area contributed by atoms with Crippen molar-refractivity contribution in [1.82, 2.24) is 15.2 Å². The Labute approximate surface area is 291 Å². The summed E-state index contributed by atoms with van der Waals surface area (Å²) in [5.74, 6) is -0.943. The SMILES string of the molecule is CCN(CC)c1ccc2nc3ccc(N=Nc4ccc(N(C)CCCNC(=O)CCN5C(=O)C=CC5=O)cc4)cc3[n+](-c3ccccc3)c2c1. The van der Waals surface area contributed by atoms with Crippen LogP contribution in [0.5, 0.6) is 0 Å². The zero-order valence-corrected chi connectivity index (χ0v) is 28.6. The lowest BCUT2D eigenvalue weighted by atomic mass is 10.1. The Balaban J connectivity index is 1.11. The van der Waals surface area contributed by atoms with Crippen LogP contribution in [0.15, 0.2) is 113 Å². The Morgan fingerprint density at radius 1 is 0.800 bits per heavy atom. The Kier molecular flexibility index (Phi) is 10.5. The summed E-state index contributed by atoms with van der Waals surface area (Å²) in [6.45, 7) is 7.48. The first-order valence-corrected chi connectivity index (χ1v) is 17.0. The Hall–Kier alpha value is -5.97. The van der Waals surface area contributed by atoms with Crippen molar-refractivity contribution < 1.29 is 19.0 Å². The molecule has 50 heavy (non-hydrogen) atoms. The lowest BCUT2D eigenvalue weighted by Crippen LogP contribution is -2.35. The van der Waals surface area contributed by atoms with Gasteiger partial charge >= 0.3 is 0 Å². The summed E-state index contributed by atoms with van der Waals surface area (Å²) in [5.41, 5.74) is 8.44. The fourth-order valence-electron chi connectivity index (χ4n) is 6.05. The highest BCUT2D eigenvalue weighted by atomic mass is 16.2. The average Bonchev–Trinajstić information content (AvgIpc) is 3.47. The third kappa shape index (κ3) is 7.67. The molecule has 0 unspecified atom stereocenters. The van der Waals surface area contributed by atoms with Crippen molar-refractivity contribution in [1.29, 1.82) is 0 Å². The maximum Gasteiger partial charge on any atom is 0.253 e. The van der Waals surface area contributed by atoms with Gasteiger partial charge in [0.2, 0.25) is 22.6 Å². The van der Waals surface area contributed by atoms with Gasteiger partial charge in [0.05, 0.1) is 11.4 Å². The van der Waals surface area contributed by atoms with E-state index >= 15 is 0 Å². The van der Waals surface area contributed by atoms with Crippen molar-refractivity contribution in [3.8, 4) is 5.69 Å². The molecule has 1 aromatic heterocycles. The van der Waals surface area contributed by atoms with Gasteiger partial charge in [0.1, 0.15) is 11.0 Å². The van der Waals surface area contributed by atoms with Gasteiger partial charge in [0.25, 0.3) is 11.8 Å². The van der Waals surface area contributed by atoms with Gasteiger partial charge in [0.15, 0.2) is 0 Å². The minimum absolute atomic E-state index is 0.0843. The summed E-state index contributed by atoms with van der Waals surface area (Å²) in [5, 5.41) is 12.0. The Morgan fingerprint density at radius 2 is 1.42 bits per heavy atom. The smallest absolute Gasteiger partial charge is 0.253 e. The van der Waals surface area contributed by atoms with Crippen molar-refractivity contribution in [2.75, 3.05) is 49.6 Å². The first-order chi connectivity index (χ1) is 24.3. The fraction of sp³-hybridized carbons (Fsp3) is 0.256. The molecule has 2 heterocycles. The van der Waals surface area contributed by atoms with E-state index in [0.717, 1.165) is 81.5 Å². The van der Waals surface area contributed by atoms with Crippen molar-refractivity contribution in [3.05, 3.63) is 103 Å².